The van der Waals surface area contributed by atoms with Crippen molar-refractivity contribution in [2.45, 2.75) is 32.6 Å². The second-order valence-electron chi connectivity index (χ2n) is 4.94. The largest absolute Gasteiger partial charge is 0.478 e. The summed E-state index contributed by atoms with van der Waals surface area (Å²) in [7, 11) is 0. The summed E-state index contributed by atoms with van der Waals surface area (Å²) in [5.41, 5.74) is -1.35. The van der Waals surface area contributed by atoms with Gasteiger partial charge in [-0.15, -0.1) is 0 Å². The summed E-state index contributed by atoms with van der Waals surface area (Å²) in [6.45, 7) is 3.93. The Hall–Kier alpha value is -2.25. The second kappa shape index (κ2) is 5.27. The lowest BCUT2D eigenvalue weighted by Gasteiger charge is -2.05. The van der Waals surface area contributed by atoms with Crippen LogP contribution in [0.4, 0.5) is 13.2 Å². The third-order valence-electron chi connectivity index (χ3n) is 2.95. The molecule has 0 unspecified atom stereocenters. The molecule has 0 bridgehead atoms. The molecule has 0 amide bonds. The number of hydrogen-bond donors (Lipinski definition) is 1. The van der Waals surface area contributed by atoms with Gasteiger partial charge in [0.25, 0.3) is 0 Å². The van der Waals surface area contributed by atoms with E-state index in [-0.39, 0.29) is 12.6 Å². The van der Waals surface area contributed by atoms with E-state index in [4.69, 9.17) is 5.11 Å². The first kappa shape index (κ1) is 15.1. The van der Waals surface area contributed by atoms with Crippen LogP contribution in [0.15, 0.2) is 24.7 Å². The minimum atomic E-state index is -4.70. The summed E-state index contributed by atoms with van der Waals surface area (Å²) in [6, 6.07) is 1.83. The normalized spacial score (nSPS) is 12.1. The van der Waals surface area contributed by atoms with Gasteiger partial charge >= 0.3 is 12.1 Å². The smallest absolute Gasteiger partial charge is 0.418 e. The molecule has 5 nitrogen and oxygen atoms in total. The lowest BCUT2D eigenvalue weighted by atomic mass is 10.2. The Morgan fingerprint density at radius 1 is 1.38 bits per heavy atom. The highest BCUT2D eigenvalue weighted by atomic mass is 19.4. The molecular weight excluding hydrogens is 287 g/mol. The summed E-state index contributed by atoms with van der Waals surface area (Å²) >= 11 is 0. The Kier molecular flexibility index (Phi) is 3.80. The lowest BCUT2D eigenvalue weighted by Crippen LogP contribution is -2.09. The standard InChI is InChI=1S/C13H14F3N3O2/c1-8(2)19-4-3-9(17-19)5-18-6-10(12(20)21)11(7-18)13(14,15)16/h3-4,6-8H,5H2,1-2H3,(H,20,21). The molecule has 0 aliphatic heterocycles. The van der Waals surface area contributed by atoms with Crippen molar-refractivity contribution in [3.63, 3.8) is 0 Å². The Labute approximate surface area is 118 Å². The van der Waals surface area contributed by atoms with E-state index >= 15 is 0 Å². The predicted octanol–water partition coefficient (Wildman–Crippen LogP) is 3.03. The molecule has 2 aromatic rings. The maximum atomic E-state index is 12.8. The SMILES string of the molecule is CC(C)n1ccc(Cn2cc(C(=O)O)c(C(F)(F)F)c2)n1. The second-order valence-corrected chi connectivity index (χ2v) is 4.94. The van der Waals surface area contributed by atoms with Crippen LogP contribution >= 0.6 is 0 Å². The maximum absolute atomic E-state index is 12.8. The number of carbonyl (C=O) groups is 1. The van der Waals surface area contributed by atoms with E-state index < -0.39 is 23.3 Å². The molecule has 0 spiro atoms. The summed E-state index contributed by atoms with van der Waals surface area (Å²) < 4.78 is 41.2. The van der Waals surface area contributed by atoms with Crippen molar-refractivity contribution in [1.82, 2.24) is 14.3 Å². The van der Waals surface area contributed by atoms with E-state index in [0.29, 0.717) is 5.69 Å². The zero-order chi connectivity index (χ0) is 15.8. The van der Waals surface area contributed by atoms with Gasteiger partial charge in [0, 0.05) is 24.6 Å². The number of hydrogen-bond acceptors (Lipinski definition) is 2. The average molecular weight is 301 g/mol. The first-order valence-electron chi connectivity index (χ1n) is 6.22. The number of nitrogens with zero attached hydrogens (tertiary/aromatic N) is 3. The van der Waals surface area contributed by atoms with Crippen LogP contribution in [0.1, 0.15) is 41.5 Å². The van der Waals surface area contributed by atoms with E-state index in [1.807, 2.05) is 13.8 Å². The quantitative estimate of drug-likeness (QED) is 0.944. The lowest BCUT2D eigenvalue weighted by molar-refractivity contribution is -0.138. The molecule has 8 heteroatoms. The van der Waals surface area contributed by atoms with Gasteiger partial charge in [-0.3, -0.25) is 4.68 Å². The number of carboxylic acids is 1. The van der Waals surface area contributed by atoms with Crippen LogP contribution in [0.3, 0.4) is 0 Å². The maximum Gasteiger partial charge on any atom is 0.418 e. The van der Waals surface area contributed by atoms with Gasteiger partial charge in [0.15, 0.2) is 0 Å². The molecule has 0 aliphatic carbocycles. The Morgan fingerprint density at radius 3 is 2.48 bits per heavy atom. The highest BCUT2D eigenvalue weighted by Crippen LogP contribution is 2.32. The number of halogens is 3. The van der Waals surface area contributed by atoms with Crippen LogP contribution in [0.5, 0.6) is 0 Å². The number of alkyl halides is 3. The number of carboxylic acid groups (broad SMARTS) is 1. The first-order valence-corrected chi connectivity index (χ1v) is 6.22. The predicted molar refractivity (Wildman–Crippen MR) is 68.1 cm³/mol. The van der Waals surface area contributed by atoms with Gasteiger partial charge in [0.05, 0.1) is 23.4 Å². The summed E-state index contributed by atoms with van der Waals surface area (Å²) in [6.07, 6.45) is -1.21. The molecule has 0 radical (unpaired) electrons. The van der Waals surface area contributed by atoms with E-state index in [1.54, 1.807) is 16.9 Å². The summed E-state index contributed by atoms with van der Waals surface area (Å²) in [5, 5.41) is 13.1. The zero-order valence-electron chi connectivity index (χ0n) is 11.4. The van der Waals surface area contributed by atoms with E-state index in [9.17, 15) is 18.0 Å². The molecule has 0 atom stereocenters. The molecule has 1 N–H and O–H groups in total. The van der Waals surface area contributed by atoms with Gasteiger partial charge in [0.2, 0.25) is 0 Å². The molecule has 0 aliphatic rings. The molecule has 114 valence electrons. The van der Waals surface area contributed by atoms with Crippen molar-refractivity contribution in [2.24, 2.45) is 0 Å². The van der Waals surface area contributed by atoms with Gasteiger partial charge in [-0.2, -0.15) is 18.3 Å². The Morgan fingerprint density at radius 2 is 2.05 bits per heavy atom. The molecular formula is C13H14F3N3O2. The van der Waals surface area contributed by atoms with Crippen LogP contribution in [0.2, 0.25) is 0 Å². The highest BCUT2D eigenvalue weighted by Gasteiger charge is 2.37. The first-order chi connectivity index (χ1) is 9.68. The molecule has 0 saturated heterocycles. The Balaban J connectivity index is 2.30. The van der Waals surface area contributed by atoms with E-state index in [2.05, 4.69) is 5.10 Å². The third-order valence-corrected chi connectivity index (χ3v) is 2.95. The van der Waals surface area contributed by atoms with Crippen LogP contribution < -0.4 is 0 Å². The van der Waals surface area contributed by atoms with Crippen LogP contribution in [-0.4, -0.2) is 25.4 Å². The topological polar surface area (TPSA) is 60.0 Å². The van der Waals surface area contributed by atoms with Crippen LogP contribution in [0, 0.1) is 0 Å². The number of aromatic carboxylic acids is 1. The van der Waals surface area contributed by atoms with Crippen molar-refractivity contribution in [3.8, 4) is 0 Å². The van der Waals surface area contributed by atoms with Crippen molar-refractivity contribution in [3.05, 3.63) is 41.5 Å². The average Bonchev–Trinajstić information content (AvgIpc) is 2.95. The van der Waals surface area contributed by atoms with Crippen LogP contribution in [0.25, 0.3) is 0 Å². The molecule has 2 rings (SSSR count). The molecule has 2 heterocycles. The molecule has 0 aromatic carbocycles. The minimum Gasteiger partial charge on any atom is -0.478 e. The molecule has 0 saturated carbocycles. The Bertz CT molecular complexity index is 656. The van der Waals surface area contributed by atoms with Crippen molar-refractivity contribution >= 4 is 5.97 Å². The fourth-order valence-corrected chi connectivity index (χ4v) is 1.93. The van der Waals surface area contributed by atoms with Gasteiger partial charge in [-0.25, -0.2) is 4.79 Å². The van der Waals surface area contributed by atoms with E-state index in [0.717, 1.165) is 12.4 Å². The minimum absolute atomic E-state index is 0.0794. The highest BCUT2D eigenvalue weighted by molar-refractivity contribution is 5.89. The third kappa shape index (κ3) is 3.26. The van der Waals surface area contributed by atoms with Crippen molar-refractivity contribution in [1.29, 1.82) is 0 Å². The monoisotopic (exact) mass is 301 g/mol. The van der Waals surface area contributed by atoms with Crippen molar-refractivity contribution < 1.29 is 23.1 Å². The fourth-order valence-electron chi connectivity index (χ4n) is 1.93. The van der Waals surface area contributed by atoms with Gasteiger partial charge < -0.3 is 9.67 Å². The fraction of sp³-hybridized carbons (Fsp3) is 0.385. The van der Waals surface area contributed by atoms with Gasteiger partial charge in [-0.1, -0.05) is 0 Å². The summed E-state index contributed by atoms with van der Waals surface area (Å²) in [4.78, 5) is 10.9. The number of aromatic nitrogens is 3. The van der Waals surface area contributed by atoms with Gasteiger partial charge in [-0.05, 0) is 19.9 Å². The van der Waals surface area contributed by atoms with E-state index in [1.165, 1.54) is 4.57 Å². The van der Waals surface area contributed by atoms with Gasteiger partial charge in [0.1, 0.15) is 0 Å². The zero-order valence-corrected chi connectivity index (χ0v) is 11.4. The van der Waals surface area contributed by atoms with Crippen molar-refractivity contribution in [2.75, 3.05) is 0 Å². The molecule has 2 aromatic heterocycles. The summed E-state index contributed by atoms with van der Waals surface area (Å²) in [5.74, 6) is -1.60. The molecule has 21 heavy (non-hydrogen) atoms. The molecule has 0 fully saturated rings. The van der Waals surface area contributed by atoms with Crippen LogP contribution in [-0.2, 0) is 12.7 Å². The number of rotatable bonds is 4.